The molecule has 0 saturated heterocycles. The highest BCUT2D eigenvalue weighted by atomic mass is 16.5. The van der Waals surface area contributed by atoms with E-state index in [2.05, 4.69) is 5.32 Å². The number of rotatable bonds is 5. The van der Waals surface area contributed by atoms with Gasteiger partial charge in [-0.2, -0.15) is 0 Å². The van der Waals surface area contributed by atoms with Crippen LogP contribution in [0, 0.1) is 0 Å². The average molecular weight is 361 g/mol. The zero-order chi connectivity index (χ0) is 19.0. The first-order valence-corrected chi connectivity index (χ1v) is 8.68. The molecule has 3 aromatic carbocycles. The maximum Gasteiger partial charge on any atom is 0.265 e. The largest absolute Gasteiger partial charge is 0.497 e. The number of amides is 2. The number of methoxy groups -OCH3 is 1. The highest BCUT2D eigenvalue weighted by Gasteiger charge is 2.34. The van der Waals surface area contributed by atoms with Gasteiger partial charge in [0.1, 0.15) is 5.75 Å². The normalized spacial score (nSPS) is 13.2. The van der Waals surface area contributed by atoms with Gasteiger partial charge in [0, 0.05) is 40.7 Å². The minimum atomic E-state index is -0.334. The van der Waals surface area contributed by atoms with Crippen LogP contribution in [0.4, 0.5) is 11.4 Å². The van der Waals surface area contributed by atoms with E-state index in [0.717, 1.165) is 11.1 Å². The van der Waals surface area contributed by atoms with E-state index in [1.165, 1.54) is 4.90 Å². The summed E-state index contributed by atoms with van der Waals surface area (Å²) in [6.07, 6.45) is 0. The van der Waals surface area contributed by atoms with E-state index in [-0.39, 0.29) is 11.8 Å². The molecule has 6 nitrogen and oxygen atoms in total. The zero-order valence-electron chi connectivity index (χ0n) is 14.9. The summed E-state index contributed by atoms with van der Waals surface area (Å²) in [7, 11) is 1.57. The Morgan fingerprint density at radius 2 is 1.67 bits per heavy atom. The topological polar surface area (TPSA) is 84.7 Å². The number of nitrogens with two attached hydrogens (primary N) is 1. The van der Waals surface area contributed by atoms with Crippen LogP contribution in [0.3, 0.4) is 0 Å². The Kier molecular flexibility index (Phi) is 4.25. The van der Waals surface area contributed by atoms with Crippen molar-refractivity contribution in [3.63, 3.8) is 0 Å². The number of imide groups is 1. The maximum absolute atomic E-state index is 13.1. The molecule has 1 aliphatic heterocycles. The minimum Gasteiger partial charge on any atom is -0.497 e. The molecule has 0 aromatic heterocycles. The zero-order valence-corrected chi connectivity index (χ0v) is 14.9. The van der Waals surface area contributed by atoms with Crippen LogP contribution in [0.25, 0.3) is 10.8 Å². The number of nitrogens with zero attached hydrogens (tertiary/aromatic N) is 1. The SMILES string of the molecule is COc1ccc(N2C(=O)c3cccc4c(NCCN)ccc(c34)C2=O)cc1. The highest BCUT2D eigenvalue weighted by molar-refractivity contribution is 6.36. The van der Waals surface area contributed by atoms with Gasteiger partial charge in [0.05, 0.1) is 12.8 Å². The Balaban J connectivity index is 1.85. The van der Waals surface area contributed by atoms with Crippen molar-refractivity contribution >= 4 is 34.0 Å². The van der Waals surface area contributed by atoms with Crippen molar-refractivity contribution < 1.29 is 14.3 Å². The second-order valence-electron chi connectivity index (χ2n) is 6.25. The van der Waals surface area contributed by atoms with Crippen molar-refractivity contribution in [1.29, 1.82) is 0 Å². The number of anilines is 2. The lowest BCUT2D eigenvalue weighted by molar-refractivity contribution is 0.0893. The molecule has 0 spiro atoms. The average Bonchev–Trinajstić information content (AvgIpc) is 2.71. The van der Waals surface area contributed by atoms with Crippen molar-refractivity contribution in [1.82, 2.24) is 0 Å². The van der Waals surface area contributed by atoms with Gasteiger partial charge in [0.15, 0.2) is 0 Å². The van der Waals surface area contributed by atoms with E-state index >= 15 is 0 Å². The second kappa shape index (κ2) is 6.74. The molecule has 27 heavy (non-hydrogen) atoms. The van der Waals surface area contributed by atoms with Crippen molar-refractivity contribution in [2.75, 3.05) is 30.4 Å². The van der Waals surface area contributed by atoms with Crippen LogP contribution in [0.2, 0.25) is 0 Å². The van der Waals surface area contributed by atoms with E-state index in [9.17, 15) is 9.59 Å². The summed E-state index contributed by atoms with van der Waals surface area (Å²) in [4.78, 5) is 27.5. The lowest BCUT2D eigenvalue weighted by Crippen LogP contribution is -2.40. The number of carbonyl (C=O) groups excluding carboxylic acids is 2. The molecule has 6 heteroatoms. The molecule has 4 rings (SSSR count). The molecule has 2 amide bonds. The van der Waals surface area contributed by atoms with Gasteiger partial charge in [-0.05, 0) is 42.5 Å². The van der Waals surface area contributed by atoms with Crippen molar-refractivity contribution in [2.24, 2.45) is 5.73 Å². The predicted octanol–water partition coefficient (Wildman–Crippen LogP) is 3.02. The molecule has 1 aliphatic rings. The molecule has 0 atom stereocenters. The van der Waals surface area contributed by atoms with Gasteiger partial charge < -0.3 is 15.8 Å². The van der Waals surface area contributed by atoms with E-state index in [0.29, 0.717) is 41.0 Å². The molecular formula is C21H19N3O3. The summed E-state index contributed by atoms with van der Waals surface area (Å²) in [6, 6.07) is 16.0. The molecule has 136 valence electrons. The number of ether oxygens (including phenoxy) is 1. The van der Waals surface area contributed by atoms with Gasteiger partial charge in [-0.3, -0.25) is 9.59 Å². The lowest BCUT2D eigenvalue weighted by Gasteiger charge is -2.28. The van der Waals surface area contributed by atoms with Crippen LogP contribution >= 0.6 is 0 Å². The van der Waals surface area contributed by atoms with Crippen molar-refractivity contribution in [3.8, 4) is 5.75 Å². The Bertz CT molecular complexity index is 1020. The smallest absolute Gasteiger partial charge is 0.265 e. The minimum absolute atomic E-state index is 0.334. The van der Waals surface area contributed by atoms with E-state index in [4.69, 9.17) is 10.5 Å². The van der Waals surface area contributed by atoms with Gasteiger partial charge >= 0.3 is 0 Å². The van der Waals surface area contributed by atoms with Gasteiger partial charge in [-0.1, -0.05) is 12.1 Å². The maximum atomic E-state index is 13.1. The molecule has 0 bridgehead atoms. The van der Waals surface area contributed by atoms with Crippen LogP contribution < -0.4 is 20.7 Å². The fourth-order valence-electron chi connectivity index (χ4n) is 3.42. The predicted molar refractivity (Wildman–Crippen MR) is 106 cm³/mol. The molecule has 0 unspecified atom stereocenters. The van der Waals surface area contributed by atoms with Crippen LogP contribution in [0.15, 0.2) is 54.6 Å². The Labute approximate surface area is 156 Å². The molecule has 0 fully saturated rings. The molecular weight excluding hydrogens is 342 g/mol. The summed E-state index contributed by atoms with van der Waals surface area (Å²) < 4.78 is 5.15. The summed E-state index contributed by atoms with van der Waals surface area (Å²) in [6.45, 7) is 1.10. The van der Waals surface area contributed by atoms with Crippen LogP contribution in [-0.4, -0.2) is 32.0 Å². The Morgan fingerprint density at radius 1 is 0.963 bits per heavy atom. The summed E-state index contributed by atoms with van der Waals surface area (Å²) >= 11 is 0. The summed E-state index contributed by atoms with van der Waals surface area (Å²) in [5, 5.41) is 4.77. The number of hydrogen-bond acceptors (Lipinski definition) is 5. The Morgan fingerprint density at radius 3 is 2.33 bits per heavy atom. The van der Waals surface area contributed by atoms with E-state index in [1.54, 1.807) is 43.5 Å². The number of nitrogens with one attached hydrogen (secondary N) is 1. The number of hydrogen-bond donors (Lipinski definition) is 2. The molecule has 3 aromatic rings. The van der Waals surface area contributed by atoms with Crippen molar-refractivity contribution in [2.45, 2.75) is 0 Å². The van der Waals surface area contributed by atoms with E-state index < -0.39 is 0 Å². The molecule has 1 heterocycles. The number of carbonyl (C=O) groups is 2. The van der Waals surface area contributed by atoms with Crippen LogP contribution in [-0.2, 0) is 0 Å². The van der Waals surface area contributed by atoms with Crippen LogP contribution in [0.5, 0.6) is 5.75 Å². The molecule has 0 radical (unpaired) electrons. The first-order valence-electron chi connectivity index (χ1n) is 8.68. The summed E-state index contributed by atoms with van der Waals surface area (Å²) in [5.41, 5.74) is 7.97. The third-order valence-corrected chi connectivity index (χ3v) is 4.70. The first kappa shape index (κ1) is 17.1. The standard InChI is InChI=1S/C21H19N3O3/c1-27-14-7-5-13(6-8-14)24-20(25)16-4-2-3-15-18(23-12-11-22)10-9-17(19(15)16)21(24)26/h2-10,23H,11-12,22H2,1H3. The fourth-order valence-corrected chi connectivity index (χ4v) is 3.42. The second-order valence-corrected chi connectivity index (χ2v) is 6.25. The van der Waals surface area contributed by atoms with Gasteiger partial charge in [-0.15, -0.1) is 0 Å². The summed E-state index contributed by atoms with van der Waals surface area (Å²) in [5.74, 6) is -0.00716. The molecule has 3 N–H and O–H groups in total. The fraction of sp³-hybridized carbons (Fsp3) is 0.143. The van der Waals surface area contributed by atoms with Crippen molar-refractivity contribution in [3.05, 3.63) is 65.7 Å². The first-order chi connectivity index (χ1) is 13.2. The quantitative estimate of drug-likeness (QED) is 0.683. The monoisotopic (exact) mass is 361 g/mol. The third kappa shape index (κ3) is 2.71. The van der Waals surface area contributed by atoms with Gasteiger partial charge in [-0.25, -0.2) is 4.90 Å². The third-order valence-electron chi connectivity index (χ3n) is 4.70. The van der Waals surface area contributed by atoms with Gasteiger partial charge in [0.25, 0.3) is 11.8 Å². The highest BCUT2D eigenvalue weighted by Crippen LogP contribution is 2.36. The number of benzene rings is 3. The molecule has 0 aliphatic carbocycles. The Hall–Kier alpha value is -3.38. The lowest BCUT2D eigenvalue weighted by atomic mass is 9.92. The van der Waals surface area contributed by atoms with E-state index in [1.807, 2.05) is 18.2 Å². The molecule has 0 saturated carbocycles. The van der Waals surface area contributed by atoms with Crippen LogP contribution in [0.1, 0.15) is 20.7 Å². The van der Waals surface area contributed by atoms with Gasteiger partial charge in [0.2, 0.25) is 0 Å².